The van der Waals surface area contributed by atoms with E-state index >= 15 is 0 Å². The number of carboxylic acid groups (broad SMARTS) is 1. The van der Waals surface area contributed by atoms with Crippen molar-refractivity contribution in [1.29, 1.82) is 0 Å². The summed E-state index contributed by atoms with van der Waals surface area (Å²) in [5, 5.41) is 20.2. The molecule has 0 bridgehead atoms. The maximum absolute atomic E-state index is 10.5. The van der Waals surface area contributed by atoms with Crippen molar-refractivity contribution in [2.24, 2.45) is 0 Å². The van der Waals surface area contributed by atoms with Crippen LogP contribution in [0.3, 0.4) is 0 Å². The molecule has 152 valence electrons. The third-order valence-electron chi connectivity index (χ3n) is 4.23. The number of rotatable bonds is 15. The van der Waals surface area contributed by atoms with Crippen molar-refractivity contribution in [2.75, 3.05) is 0 Å². The molecule has 0 radical (unpaired) electrons. The fourth-order valence-electron chi connectivity index (χ4n) is 2.69. The molecule has 1 N–H and O–H groups in total. The van der Waals surface area contributed by atoms with E-state index < -0.39 is 5.97 Å². The van der Waals surface area contributed by atoms with Crippen molar-refractivity contribution < 1.29 is 9.90 Å². The predicted octanol–water partition coefficient (Wildman–Crippen LogP) is 5.42. The smallest absolute Gasteiger partial charge is 0.327 e. The minimum Gasteiger partial charge on any atom is -0.480 e. The molecule has 1 rings (SSSR count). The fourth-order valence-corrected chi connectivity index (χ4v) is 2.69. The summed E-state index contributed by atoms with van der Waals surface area (Å²) < 4.78 is 0. The quantitative estimate of drug-likeness (QED) is 0.418. The van der Waals surface area contributed by atoms with Crippen molar-refractivity contribution in [1.82, 2.24) is 20.2 Å². The summed E-state index contributed by atoms with van der Waals surface area (Å²) in [6.45, 7) is 6.45. The number of aliphatic carboxylic acids is 1. The number of aromatic nitrogens is 4. The van der Waals surface area contributed by atoms with Gasteiger partial charge in [-0.05, 0) is 11.6 Å². The normalized spacial score (nSPS) is 10.4. The minimum absolute atomic E-state index is 0.217. The van der Waals surface area contributed by atoms with Crippen LogP contribution in [0.1, 0.15) is 110 Å². The number of aryl methyl sites for hydroxylation is 1. The van der Waals surface area contributed by atoms with Gasteiger partial charge in [-0.25, -0.2) is 0 Å². The molecule has 6 nitrogen and oxygen atoms in total. The number of tetrazole rings is 1. The summed E-state index contributed by atoms with van der Waals surface area (Å²) in [7, 11) is 0. The molecule has 1 aromatic rings. The van der Waals surface area contributed by atoms with Gasteiger partial charge in [0.2, 0.25) is 0 Å². The van der Waals surface area contributed by atoms with Crippen LogP contribution in [0.2, 0.25) is 0 Å². The van der Waals surface area contributed by atoms with Gasteiger partial charge in [-0.2, -0.15) is 4.80 Å². The lowest BCUT2D eigenvalue weighted by Gasteiger charge is -2.01. The van der Waals surface area contributed by atoms with Gasteiger partial charge in [-0.3, -0.25) is 4.79 Å². The number of carboxylic acids is 1. The Morgan fingerprint density at radius 3 is 1.77 bits per heavy atom. The molecule has 1 aromatic heterocycles. The van der Waals surface area contributed by atoms with Gasteiger partial charge in [0.25, 0.3) is 0 Å². The third kappa shape index (κ3) is 16.0. The molecule has 0 aliphatic heterocycles. The molecular weight excluding hydrogens is 328 g/mol. The molecule has 0 spiro atoms. The zero-order chi connectivity index (χ0) is 19.5. The summed E-state index contributed by atoms with van der Waals surface area (Å²) in [6, 6.07) is 0. The molecule has 0 amide bonds. The molecule has 0 saturated carbocycles. The number of hydrogen-bond acceptors (Lipinski definition) is 4. The van der Waals surface area contributed by atoms with Crippen molar-refractivity contribution in [2.45, 2.75) is 117 Å². The summed E-state index contributed by atoms with van der Waals surface area (Å²) in [6.07, 6.45) is 17.8. The van der Waals surface area contributed by atoms with Crippen molar-refractivity contribution >= 4 is 5.97 Å². The maximum Gasteiger partial charge on any atom is 0.327 e. The van der Waals surface area contributed by atoms with Crippen molar-refractivity contribution in [3.8, 4) is 0 Å². The molecule has 1 heterocycles. The van der Waals surface area contributed by atoms with E-state index in [4.69, 9.17) is 5.11 Å². The largest absolute Gasteiger partial charge is 0.480 e. The summed E-state index contributed by atoms with van der Waals surface area (Å²) in [5.74, 6) is -0.297. The average molecular weight is 369 g/mol. The Balaban J connectivity index is 0.00000110. The second kappa shape index (κ2) is 18.3. The van der Waals surface area contributed by atoms with Crippen LogP contribution in [0, 0.1) is 0 Å². The lowest BCUT2D eigenvalue weighted by atomic mass is 10.1. The Labute approximate surface area is 159 Å². The van der Waals surface area contributed by atoms with Crippen LogP contribution in [0.4, 0.5) is 0 Å². The second-order valence-electron chi connectivity index (χ2n) is 6.92. The van der Waals surface area contributed by atoms with E-state index in [-0.39, 0.29) is 6.54 Å². The molecule has 0 unspecified atom stereocenters. The highest BCUT2D eigenvalue weighted by Crippen LogP contribution is 2.11. The Kier molecular flexibility index (Phi) is 17.3. The van der Waals surface area contributed by atoms with E-state index in [9.17, 15) is 4.79 Å². The summed E-state index contributed by atoms with van der Waals surface area (Å²) >= 11 is 0. The SMILES string of the molecule is CCCCC.CCCCCCCCCCCCc1nnn(CC(=O)O)n1. The van der Waals surface area contributed by atoms with Crippen LogP contribution >= 0.6 is 0 Å². The van der Waals surface area contributed by atoms with Gasteiger partial charge >= 0.3 is 5.97 Å². The molecule has 0 aromatic carbocycles. The van der Waals surface area contributed by atoms with Gasteiger partial charge in [0.15, 0.2) is 12.4 Å². The zero-order valence-corrected chi connectivity index (χ0v) is 17.3. The van der Waals surface area contributed by atoms with Crippen LogP contribution in [0.15, 0.2) is 0 Å². The number of nitrogens with zero attached hydrogens (tertiary/aromatic N) is 4. The van der Waals surface area contributed by atoms with E-state index in [0.717, 1.165) is 17.6 Å². The van der Waals surface area contributed by atoms with Gasteiger partial charge in [0, 0.05) is 6.42 Å². The van der Waals surface area contributed by atoms with Gasteiger partial charge in [0.05, 0.1) is 0 Å². The molecule has 0 fully saturated rings. The Bertz CT molecular complexity index is 433. The maximum atomic E-state index is 10.5. The minimum atomic E-state index is -0.946. The topological polar surface area (TPSA) is 80.9 Å². The molecule has 0 atom stereocenters. The first-order chi connectivity index (χ1) is 12.6. The van der Waals surface area contributed by atoms with E-state index in [1.165, 1.54) is 77.0 Å². The van der Waals surface area contributed by atoms with E-state index in [1.54, 1.807) is 0 Å². The highest BCUT2D eigenvalue weighted by Gasteiger charge is 2.05. The molecule has 0 aliphatic rings. The number of hydrogen-bond donors (Lipinski definition) is 1. The summed E-state index contributed by atoms with van der Waals surface area (Å²) in [5.41, 5.74) is 0. The van der Waals surface area contributed by atoms with Crippen LogP contribution in [0.5, 0.6) is 0 Å². The van der Waals surface area contributed by atoms with Gasteiger partial charge < -0.3 is 5.11 Å². The second-order valence-corrected chi connectivity index (χ2v) is 6.92. The summed E-state index contributed by atoms with van der Waals surface area (Å²) in [4.78, 5) is 11.6. The molecule has 0 aliphatic carbocycles. The fraction of sp³-hybridized carbons (Fsp3) is 0.900. The Morgan fingerprint density at radius 2 is 1.31 bits per heavy atom. The molecular formula is C20H40N4O2. The van der Waals surface area contributed by atoms with Gasteiger partial charge in [-0.15, -0.1) is 10.2 Å². The third-order valence-corrected chi connectivity index (χ3v) is 4.23. The van der Waals surface area contributed by atoms with Crippen molar-refractivity contribution in [3.63, 3.8) is 0 Å². The number of unbranched alkanes of at least 4 members (excludes halogenated alkanes) is 11. The monoisotopic (exact) mass is 368 g/mol. The van der Waals surface area contributed by atoms with Crippen LogP contribution < -0.4 is 0 Å². The lowest BCUT2D eigenvalue weighted by Crippen LogP contribution is -2.11. The highest BCUT2D eigenvalue weighted by atomic mass is 16.4. The van der Waals surface area contributed by atoms with Crippen LogP contribution in [0.25, 0.3) is 0 Å². The van der Waals surface area contributed by atoms with E-state index in [2.05, 4.69) is 36.2 Å². The van der Waals surface area contributed by atoms with Crippen molar-refractivity contribution in [3.05, 3.63) is 5.82 Å². The molecule has 26 heavy (non-hydrogen) atoms. The lowest BCUT2D eigenvalue weighted by molar-refractivity contribution is -0.138. The van der Waals surface area contributed by atoms with Gasteiger partial charge in [0.1, 0.15) is 0 Å². The molecule has 0 saturated heterocycles. The Morgan fingerprint density at radius 1 is 0.808 bits per heavy atom. The average Bonchev–Trinajstić information content (AvgIpc) is 3.04. The first-order valence-corrected chi connectivity index (χ1v) is 10.6. The molecule has 6 heteroatoms. The number of carbonyl (C=O) groups is 1. The predicted molar refractivity (Wildman–Crippen MR) is 106 cm³/mol. The standard InChI is InChI=1S/C15H28N4O2.C5H12/c1-2-3-4-5-6-7-8-9-10-11-12-14-16-18-19(17-14)13-15(20)21;1-3-5-4-2/h2-13H2,1H3,(H,20,21);3-5H2,1-2H3. The van der Waals surface area contributed by atoms with Crippen LogP contribution in [-0.2, 0) is 17.8 Å². The highest BCUT2D eigenvalue weighted by molar-refractivity contribution is 5.66. The first kappa shape index (κ1) is 24.5. The Hall–Kier alpha value is -1.46. The first-order valence-electron chi connectivity index (χ1n) is 10.6. The van der Waals surface area contributed by atoms with E-state index in [1.807, 2.05) is 0 Å². The van der Waals surface area contributed by atoms with Crippen LogP contribution in [-0.4, -0.2) is 31.3 Å². The zero-order valence-electron chi connectivity index (χ0n) is 17.3. The van der Waals surface area contributed by atoms with E-state index in [0.29, 0.717) is 5.82 Å². The van der Waals surface area contributed by atoms with Gasteiger partial charge in [-0.1, -0.05) is 97.8 Å².